The fourth-order valence-electron chi connectivity index (χ4n) is 7.02. The molecule has 0 spiro atoms. The molecular weight excluding hydrogens is 763 g/mol. The van der Waals surface area contributed by atoms with E-state index in [1.165, 1.54) is 32.6 Å². The first-order chi connectivity index (χ1) is 26.9. The number of nitrogens with two attached hydrogens (primary N) is 1. The largest absolute Gasteiger partial charge is 0.467 e. The molecule has 2 unspecified atom stereocenters. The van der Waals surface area contributed by atoms with Crippen LogP contribution in [0.4, 0.5) is 37.2 Å². The summed E-state index contributed by atoms with van der Waals surface area (Å²) in [5.74, 6) is -2.17. The molecule has 0 aliphatic carbocycles. The van der Waals surface area contributed by atoms with Crippen molar-refractivity contribution < 1.29 is 40.3 Å². The van der Waals surface area contributed by atoms with Crippen molar-refractivity contribution in [3.8, 4) is 23.2 Å². The summed E-state index contributed by atoms with van der Waals surface area (Å²) >= 11 is 0.698. The number of ether oxygens (including phenoxy) is 1. The topological polar surface area (TPSA) is 146 Å². The highest BCUT2D eigenvalue weighted by molar-refractivity contribution is 7.23. The van der Waals surface area contributed by atoms with Crippen LogP contribution in [-0.4, -0.2) is 82.7 Å². The first-order valence-electron chi connectivity index (χ1n) is 18.2. The molecule has 8 rings (SSSR count). The molecule has 3 aliphatic heterocycles. The van der Waals surface area contributed by atoms with Crippen LogP contribution >= 0.6 is 11.3 Å². The number of hydrogen-bond donors (Lipinski definition) is 2. The minimum Gasteiger partial charge on any atom is -0.467 e. The molecule has 3 aliphatic rings. The van der Waals surface area contributed by atoms with E-state index in [9.17, 15) is 32.0 Å². The number of fused-ring (bicyclic) bond motifs is 3. The number of alkyl halides is 4. The molecule has 2 atom stereocenters. The minimum atomic E-state index is -5.00. The van der Waals surface area contributed by atoms with E-state index in [1.807, 2.05) is 13.8 Å². The van der Waals surface area contributed by atoms with Crippen LogP contribution in [0.25, 0.3) is 32.1 Å². The van der Waals surface area contributed by atoms with E-state index in [4.69, 9.17) is 14.9 Å². The van der Waals surface area contributed by atoms with E-state index >= 15 is 4.39 Å². The van der Waals surface area contributed by atoms with Gasteiger partial charge in [0.15, 0.2) is 17.9 Å². The van der Waals surface area contributed by atoms with Crippen LogP contribution < -0.4 is 15.8 Å². The van der Waals surface area contributed by atoms with Gasteiger partial charge in [-0.05, 0) is 63.3 Å². The first kappa shape index (κ1) is 42.0. The SMILES string of the molecule is CC.CCNc1nc(OC)nc2c(F)c(-c3ccc(F)c4sc(N)c(C#N)c34)c(C(F)(F)F)cc12.FC1CC2CCCN2C1.O=C(c1cocn1)N1CCCC1. The third-order valence-electron chi connectivity index (χ3n) is 9.45. The van der Waals surface area contributed by atoms with Crippen molar-refractivity contribution in [2.45, 2.75) is 71.3 Å². The molecule has 18 heteroatoms. The summed E-state index contributed by atoms with van der Waals surface area (Å²) < 4.78 is 94.9. The average molecular weight is 805 g/mol. The number of nitrogen functional groups attached to an aromatic ring is 1. The Morgan fingerprint density at radius 2 is 1.89 bits per heavy atom. The second-order valence-corrected chi connectivity index (χ2v) is 13.9. The molecule has 3 fully saturated rings. The fourth-order valence-corrected chi connectivity index (χ4v) is 7.97. The van der Waals surface area contributed by atoms with Crippen molar-refractivity contribution in [1.29, 1.82) is 5.26 Å². The number of oxazole rings is 1. The average Bonchev–Trinajstić information content (AvgIpc) is 4.03. The highest BCUT2D eigenvalue weighted by Crippen LogP contribution is 2.47. The Morgan fingerprint density at radius 3 is 2.50 bits per heavy atom. The van der Waals surface area contributed by atoms with Crippen molar-refractivity contribution in [2.24, 2.45) is 0 Å². The Morgan fingerprint density at radius 1 is 1.16 bits per heavy atom. The zero-order valence-electron chi connectivity index (χ0n) is 31.3. The lowest BCUT2D eigenvalue weighted by molar-refractivity contribution is -0.137. The van der Waals surface area contributed by atoms with E-state index in [0.717, 1.165) is 57.1 Å². The first-order valence-corrected chi connectivity index (χ1v) is 19.0. The van der Waals surface area contributed by atoms with Crippen LogP contribution in [0.2, 0.25) is 0 Å². The highest BCUT2D eigenvalue weighted by atomic mass is 32.1. The minimum absolute atomic E-state index is 0.0127. The zero-order chi connectivity index (χ0) is 40.7. The molecule has 0 bridgehead atoms. The number of rotatable bonds is 5. The Bertz CT molecular complexity index is 2170. The van der Waals surface area contributed by atoms with E-state index in [0.29, 0.717) is 29.6 Å². The number of carbonyl (C=O) groups excluding carboxylic acids is 1. The molecule has 3 saturated heterocycles. The number of nitriles is 1. The van der Waals surface area contributed by atoms with E-state index in [1.54, 1.807) is 17.9 Å². The molecule has 300 valence electrons. The van der Waals surface area contributed by atoms with Gasteiger partial charge >= 0.3 is 12.2 Å². The molecule has 1 amide bonds. The standard InChI is InChI=1S/C21H14F5N5OS.C8H10N2O2.C7H12FN.C2H6/c1-3-29-19-9-6-11(21(24,25)26)14(15(23)16(9)30-20(31-19)32-2)8-4-5-12(22)17-13(8)10(7-27)18(28)33-17;11-8(7-5-12-6-9-7)10-3-1-2-4-10;8-6-4-7-2-1-3-9(7)5-6;1-2/h4-6H,3,28H2,1-2H3,(H,29,30,31);5-6H,1-4H2;6-7H,1-5H2;1-2H3. The maximum atomic E-state index is 15.9. The Kier molecular flexibility index (Phi) is 13.6. The van der Waals surface area contributed by atoms with Crippen molar-refractivity contribution >= 4 is 49.1 Å². The van der Waals surface area contributed by atoms with Gasteiger partial charge in [-0.15, -0.1) is 11.3 Å². The number of aromatic nitrogens is 3. The van der Waals surface area contributed by atoms with Gasteiger partial charge in [-0.1, -0.05) is 19.9 Å². The Labute approximate surface area is 323 Å². The van der Waals surface area contributed by atoms with Crippen molar-refractivity contribution in [3.63, 3.8) is 0 Å². The van der Waals surface area contributed by atoms with Crippen molar-refractivity contribution in [2.75, 3.05) is 50.9 Å². The third-order valence-corrected chi connectivity index (χ3v) is 10.5. The molecule has 5 aromatic rings. The number of benzene rings is 2. The van der Waals surface area contributed by atoms with Crippen LogP contribution in [0, 0.1) is 23.0 Å². The number of halogens is 6. The predicted molar refractivity (Wildman–Crippen MR) is 202 cm³/mol. The van der Waals surface area contributed by atoms with Gasteiger partial charge in [0, 0.05) is 48.6 Å². The number of carbonyl (C=O) groups is 1. The van der Waals surface area contributed by atoms with Crippen LogP contribution in [0.5, 0.6) is 6.01 Å². The molecule has 11 nitrogen and oxygen atoms in total. The van der Waals surface area contributed by atoms with E-state index in [-0.39, 0.29) is 55.9 Å². The molecule has 2 aromatic carbocycles. The molecule has 0 saturated carbocycles. The van der Waals surface area contributed by atoms with Gasteiger partial charge in [0.2, 0.25) is 0 Å². The van der Waals surface area contributed by atoms with Gasteiger partial charge in [-0.25, -0.2) is 18.2 Å². The Balaban J connectivity index is 0.000000209. The van der Waals surface area contributed by atoms with Gasteiger partial charge in [-0.3, -0.25) is 9.69 Å². The number of hydrogen-bond acceptors (Lipinski definition) is 11. The molecule has 56 heavy (non-hydrogen) atoms. The highest BCUT2D eigenvalue weighted by Gasteiger charge is 2.38. The van der Waals surface area contributed by atoms with Crippen LogP contribution in [-0.2, 0) is 6.18 Å². The summed E-state index contributed by atoms with van der Waals surface area (Å²) in [5.41, 5.74) is 3.01. The van der Waals surface area contributed by atoms with Gasteiger partial charge in [-0.2, -0.15) is 28.4 Å². The number of likely N-dealkylation sites (tertiary alicyclic amines) is 1. The van der Waals surface area contributed by atoms with Crippen molar-refractivity contribution in [3.05, 3.63) is 59.3 Å². The summed E-state index contributed by atoms with van der Waals surface area (Å²) in [6.45, 7) is 9.54. The lowest BCUT2D eigenvalue weighted by Crippen LogP contribution is -2.27. The van der Waals surface area contributed by atoms with Crippen molar-refractivity contribution in [1.82, 2.24) is 24.8 Å². The lowest BCUT2D eigenvalue weighted by Gasteiger charge is -2.18. The summed E-state index contributed by atoms with van der Waals surface area (Å²) in [6.07, 6.45) is 2.69. The number of amides is 1. The maximum absolute atomic E-state index is 15.9. The van der Waals surface area contributed by atoms with E-state index < -0.39 is 40.6 Å². The number of methoxy groups -OCH3 is 1. The maximum Gasteiger partial charge on any atom is 0.417 e. The van der Waals surface area contributed by atoms with Crippen LogP contribution in [0.1, 0.15) is 74.5 Å². The normalized spacial score (nSPS) is 17.6. The van der Waals surface area contributed by atoms with Gasteiger partial charge in [0.1, 0.15) is 40.7 Å². The summed E-state index contributed by atoms with van der Waals surface area (Å²) in [4.78, 5) is 27.3. The second-order valence-electron chi connectivity index (χ2n) is 12.8. The lowest BCUT2D eigenvalue weighted by atomic mass is 9.92. The summed E-state index contributed by atoms with van der Waals surface area (Å²) in [6, 6.07) is 4.75. The summed E-state index contributed by atoms with van der Waals surface area (Å²) in [7, 11) is 1.23. The van der Waals surface area contributed by atoms with Crippen LogP contribution in [0.15, 0.2) is 35.3 Å². The number of anilines is 2. The molecule has 3 N–H and O–H groups in total. The van der Waals surface area contributed by atoms with Gasteiger partial charge < -0.3 is 25.1 Å². The van der Waals surface area contributed by atoms with E-state index in [2.05, 4.69) is 25.2 Å². The quantitative estimate of drug-likeness (QED) is 0.165. The van der Waals surface area contributed by atoms with Gasteiger partial charge in [0.05, 0.1) is 22.9 Å². The summed E-state index contributed by atoms with van der Waals surface area (Å²) in [5, 5.41) is 11.8. The predicted octanol–water partition coefficient (Wildman–Crippen LogP) is 8.83. The Hall–Kier alpha value is -5.15. The van der Waals surface area contributed by atoms with Gasteiger partial charge in [0.25, 0.3) is 5.91 Å². The smallest absolute Gasteiger partial charge is 0.417 e. The molecule has 0 radical (unpaired) electrons. The molecule has 6 heterocycles. The number of thiophene rings is 1. The monoisotopic (exact) mass is 804 g/mol. The second kappa shape index (κ2) is 18.2. The number of nitrogens with one attached hydrogen (secondary N) is 1. The van der Waals surface area contributed by atoms with Crippen LogP contribution in [0.3, 0.4) is 0 Å². The number of nitrogens with zero attached hydrogens (tertiary/aromatic N) is 6. The zero-order valence-corrected chi connectivity index (χ0v) is 32.1. The molecule has 3 aromatic heterocycles. The fraction of sp³-hybridized carbons (Fsp3) is 0.447. The molecular formula is C38H42F6N8O3S. The third kappa shape index (κ3) is 8.78.